The molecule has 2 aromatic carbocycles. The van der Waals surface area contributed by atoms with Crippen molar-refractivity contribution in [3.05, 3.63) is 57.6 Å². The van der Waals surface area contributed by atoms with E-state index in [0.29, 0.717) is 23.7 Å². The number of aryl methyl sites for hydroxylation is 1. The first-order chi connectivity index (χ1) is 22.1. The van der Waals surface area contributed by atoms with E-state index in [1.165, 1.54) is 51.4 Å². The van der Waals surface area contributed by atoms with Gasteiger partial charge in [0.25, 0.3) is 0 Å². The largest absolute Gasteiger partial charge is 0.505 e. The Morgan fingerprint density at radius 3 is 1.27 bits per heavy atom. The van der Waals surface area contributed by atoms with Gasteiger partial charge in [0.2, 0.25) is 0 Å². The Balaban J connectivity index is 2.32. The molecular formula is C42H68FO4P. The third-order valence-electron chi connectivity index (χ3n) is 8.85. The summed E-state index contributed by atoms with van der Waals surface area (Å²) < 4.78 is 34.5. The van der Waals surface area contributed by atoms with Crippen LogP contribution in [0.15, 0.2) is 24.3 Å². The Labute approximate surface area is 295 Å². The highest BCUT2D eigenvalue weighted by molar-refractivity contribution is 7.42. The molecule has 1 unspecified atom stereocenters. The normalized spacial score (nSPS) is 13.4. The lowest BCUT2D eigenvalue weighted by Gasteiger charge is -2.32. The van der Waals surface area contributed by atoms with Crippen LogP contribution in [0, 0.1) is 6.92 Å². The van der Waals surface area contributed by atoms with Gasteiger partial charge in [0.05, 0.1) is 12.2 Å². The van der Waals surface area contributed by atoms with Gasteiger partial charge < -0.3 is 13.8 Å². The number of carbonyl (C=O) groups excluding carboxylic acids is 1. The molecule has 1 atom stereocenters. The lowest BCUT2D eigenvalue weighted by atomic mass is 9.78. The molecule has 0 aliphatic rings. The highest BCUT2D eigenvalue weighted by atomic mass is 31.2. The van der Waals surface area contributed by atoms with Crippen LogP contribution in [0.5, 0.6) is 11.5 Å². The van der Waals surface area contributed by atoms with Crippen molar-refractivity contribution in [1.82, 2.24) is 0 Å². The molecule has 0 fully saturated rings. The number of benzene rings is 2. The molecule has 2 aromatic rings. The zero-order valence-electron chi connectivity index (χ0n) is 33.0. The zero-order valence-corrected chi connectivity index (χ0v) is 33.9. The smallest absolute Gasteiger partial charge is 0.462 e. The minimum absolute atomic E-state index is 0.263. The van der Waals surface area contributed by atoms with Gasteiger partial charge in [-0.3, -0.25) is 0 Å². The van der Waals surface area contributed by atoms with Gasteiger partial charge >= 0.3 is 14.7 Å². The third-order valence-corrected chi connectivity index (χ3v) is 9.50. The summed E-state index contributed by atoms with van der Waals surface area (Å²) in [6.07, 6.45) is 12.2. The number of rotatable bonds is 16. The van der Waals surface area contributed by atoms with Crippen LogP contribution in [-0.4, -0.2) is 12.6 Å². The number of hydrogen-bond donors (Lipinski definition) is 0. The Kier molecular flexibility index (Phi) is 15.5. The molecule has 0 aliphatic heterocycles. The van der Waals surface area contributed by atoms with E-state index in [1.54, 1.807) is 0 Å². The van der Waals surface area contributed by atoms with Crippen LogP contribution >= 0.6 is 8.69 Å². The molecule has 0 aliphatic carbocycles. The second kappa shape index (κ2) is 17.7. The van der Waals surface area contributed by atoms with Crippen molar-refractivity contribution in [2.75, 3.05) is 6.61 Å². The van der Waals surface area contributed by atoms with Crippen LogP contribution in [0.25, 0.3) is 0 Å². The van der Waals surface area contributed by atoms with Crippen LogP contribution in [0.4, 0.5) is 4.20 Å². The van der Waals surface area contributed by atoms with Crippen molar-refractivity contribution < 1.29 is 22.8 Å². The summed E-state index contributed by atoms with van der Waals surface area (Å²) in [6, 6.07) is 7.82. The summed E-state index contributed by atoms with van der Waals surface area (Å²) in [5.41, 5.74) is 3.60. The summed E-state index contributed by atoms with van der Waals surface area (Å²) in [4.78, 5) is 13.4. The van der Waals surface area contributed by atoms with E-state index in [0.717, 1.165) is 40.7 Å². The molecule has 48 heavy (non-hydrogen) atoms. The van der Waals surface area contributed by atoms with Gasteiger partial charge in [-0.15, -0.1) is 4.20 Å². The maximum Gasteiger partial charge on any atom is 0.505 e. The van der Waals surface area contributed by atoms with E-state index in [-0.39, 0.29) is 16.8 Å². The predicted octanol–water partition coefficient (Wildman–Crippen LogP) is 13.9. The minimum Gasteiger partial charge on any atom is -0.462 e. The molecule has 2 rings (SSSR count). The Morgan fingerprint density at radius 1 is 0.583 bits per heavy atom. The average molecular weight is 687 g/mol. The molecule has 0 amide bonds. The second-order valence-corrected chi connectivity index (χ2v) is 18.6. The maximum atomic E-state index is 16.3. The summed E-state index contributed by atoms with van der Waals surface area (Å²) in [5.74, 6) is 0.643. The molecule has 0 spiro atoms. The molecule has 0 aromatic heterocycles. The summed E-state index contributed by atoms with van der Waals surface area (Å²) in [6.45, 7) is 29.7. The predicted molar refractivity (Wildman–Crippen MR) is 204 cm³/mol. The highest BCUT2D eigenvalue weighted by Crippen LogP contribution is 2.52. The molecule has 0 saturated carbocycles. The Bertz CT molecular complexity index is 1250. The molecule has 0 saturated heterocycles. The van der Waals surface area contributed by atoms with Crippen LogP contribution in [0.3, 0.4) is 0 Å². The van der Waals surface area contributed by atoms with Crippen LogP contribution < -0.4 is 9.05 Å². The van der Waals surface area contributed by atoms with Crippen LogP contribution in [0.2, 0.25) is 0 Å². The fourth-order valence-corrected chi connectivity index (χ4v) is 6.66. The standard InChI is InChI=1S/C42H68FO4P/c1-15-16-17-18-19-20-21-22-23-24-25-45-38(44)31-28-34(41(9,10)11)37(35(29-31)42(12,13)14)47-48(43)46-36-32(39(3,4)5)26-30(2)27-33(36)40(6,7)8/h26-29H,15-25H2,1-14H3. The summed E-state index contributed by atoms with van der Waals surface area (Å²) in [7, 11) is -2.86. The van der Waals surface area contributed by atoms with Crippen molar-refractivity contribution in [1.29, 1.82) is 0 Å². The minimum atomic E-state index is -2.86. The lowest BCUT2D eigenvalue weighted by molar-refractivity contribution is 0.0497. The van der Waals surface area contributed by atoms with Gasteiger partial charge in [-0.05, 0) is 47.1 Å². The maximum absolute atomic E-state index is 16.3. The number of ether oxygens (including phenoxy) is 1. The molecular weight excluding hydrogens is 618 g/mol. The third kappa shape index (κ3) is 13.0. The van der Waals surface area contributed by atoms with Crippen molar-refractivity contribution in [3.8, 4) is 11.5 Å². The van der Waals surface area contributed by atoms with Gasteiger partial charge in [-0.1, -0.05) is 165 Å². The van der Waals surface area contributed by atoms with Gasteiger partial charge in [0, 0.05) is 22.3 Å². The van der Waals surface area contributed by atoms with E-state index >= 15 is 4.20 Å². The first kappa shape index (κ1) is 42.0. The van der Waals surface area contributed by atoms with Crippen molar-refractivity contribution in [2.24, 2.45) is 0 Å². The molecule has 6 heteroatoms. The first-order valence-electron chi connectivity index (χ1n) is 18.4. The number of halogens is 1. The second-order valence-electron chi connectivity index (χ2n) is 17.8. The van der Waals surface area contributed by atoms with Crippen LogP contribution in [0.1, 0.15) is 192 Å². The van der Waals surface area contributed by atoms with E-state index in [9.17, 15) is 4.79 Å². The molecule has 0 radical (unpaired) electrons. The topological polar surface area (TPSA) is 44.8 Å². The monoisotopic (exact) mass is 686 g/mol. The van der Waals surface area contributed by atoms with Gasteiger partial charge in [-0.25, -0.2) is 4.79 Å². The average Bonchev–Trinajstić information content (AvgIpc) is 2.94. The molecule has 272 valence electrons. The number of unbranched alkanes of at least 4 members (excludes halogenated alkanes) is 9. The van der Waals surface area contributed by atoms with E-state index in [4.69, 9.17) is 13.8 Å². The van der Waals surface area contributed by atoms with Crippen molar-refractivity contribution in [2.45, 2.75) is 183 Å². The zero-order chi connectivity index (χ0) is 36.5. The Hall–Kier alpha value is -2.13. The van der Waals surface area contributed by atoms with E-state index in [1.807, 2.05) is 12.1 Å². The SMILES string of the molecule is CCCCCCCCCCCCOC(=O)c1cc(C(C)(C)C)c(OP(F)Oc2c(C(C)(C)C)cc(C)cc2C(C)(C)C)c(C(C)(C)C)c1. The molecule has 0 heterocycles. The first-order valence-corrected chi connectivity index (χ1v) is 19.5. The quantitative estimate of drug-likeness (QED) is 0.100. The fraction of sp³-hybridized carbons (Fsp3) is 0.690. The fourth-order valence-electron chi connectivity index (χ4n) is 5.94. The summed E-state index contributed by atoms with van der Waals surface area (Å²) in [5, 5.41) is 0. The van der Waals surface area contributed by atoms with Gasteiger partial charge in [0.15, 0.2) is 0 Å². The van der Waals surface area contributed by atoms with E-state index < -0.39 is 19.5 Å². The van der Waals surface area contributed by atoms with Crippen molar-refractivity contribution >= 4 is 14.7 Å². The summed E-state index contributed by atoms with van der Waals surface area (Å²) >= 11 is 0. The van der Waals surface area contributed by atoms with Crippen LogP contribution in [-0.2, 0) is 26.4 Å². The number of esters is 1. The van der Waals surface area contributed by atoms with E-state index in [2.05, 4.69) is 109 Å². The van der Waals surface area contributed by atoms with Gasteiger partial charge in [-0.2, -0.15) is 0 Å². The number of carbonyl (C=O) groups is 1. The van der Waals surface area contributed by atoms with Crippen molar-refractivity contribution in [3.63, 3.8) is 0 Å². The molecule has 0 N–H and O–H groups in total. The molecule has 0 bridgehead atoms. The highest BCUT2D eigenvalue weighted by Gasteiger charge is 2.34. The number of hydrogen-bond acceptors (Lipinski definition) is 4. The van der Waals surface area contributed by atoms with Gasteiger partial charge in [0.1, 0.15) is 11.5 Å². The lowest BCUT2D eigenvalue weighted by Crippen LogP contribution is -2.22. The molecule has 4 nitrogen and oxygen atoms in total. The Morgan fingerprint density at radius 2 is 0.917 bits per heavy atom.